The number of hydrogen-bond donors (Lipinski definition) is 0. The number of benzene rings is 1. The van der Waals surface area contributed by atoms with Crippen LogP contribution in [0.3, 0.4) is 0 Å². The molecule has 1 aliphatic heterocycles. The Morgan fingerprint density at radius 1 is 1.20 bits per heavy atom. The molecular weight excluding hydrogens is 471 g/mol. The first kappa shape index (κ1) is 24.8. The van der Waals surface area contributed by atoms with Crippen molar-refractivity contribution in [2.24, 2.45) is 0 Å². The van der Waals surface area contributed by atoms with Crippen LogP contribution in [0, 0.1) is 12.7 Å². The van der Waals surface area contributed by atoms with Gasteiger partial charge in [0.2, 0.25) is 5.91 Å². The lowest BCUT2D eigenvalue weighted by Crippen LogP contribution is -2.54. The summed E-state index contributed by atoms with van der Waals surface area (Å²) in [5.41, 5.74) is 1.32. The van der Waals surface area contributed by atoms with E-state index in [2.05, 4.69) is 14.9 Å². The monoisotopic (exact) mass is 500 g/mol. The van der Waals surface area contributed by atoms with Crippen LogP contribution in [0.4, 0.5) is 10.2 Å². The van der Waals surface area contributed by atoms with E-state index in [0.29, 0.717) is 36.3 Å². The van der Waals surface area contributed by atoms with E-state index >= 15 is 0 Å². The van der Waals surface area contributed by atoms with Crippen LogP contribution in [0.1, 0.15) is 25.3 Å². The highest BCUT2D eigenvalue weighted by atomic mass is 32.2. The summed E-state index contributed by atoms with van der Waals surface area (Å²) in [5.74, 6) is 0.619. The lowest BCUT2D eigenvalue weighted by Gasteiger charge is -2.41. The van der Waals surface area contributed by atoms with Crippen LogP contribution in [-0.4, -0.2) is 67.7 Å². The first-order chi connectivity index (χ1) is 16.7. The number of amides is 1. The number of pyridine rings is 2. The molecule has 0 spiro atoms. The van der Waals surface area contributed by atoms with E-state index in [4.69, 9.17) is 4.74 Å². The number of halogens is 1. The third-order valence-electron chi connectivity index (χ3n) is 6.30. The number of rotatable bonds is 7. The Balaban J connectivity index is 1.37. The minimum Gasteiger partial charge on any atom is -0.495 e. The van der Waals surface area contributed by atoms with Crippen LogP contribution < -0.4 is 9.64 Å². The maximum absolute atomic E-state index is 13.4. The summed E-state index contributed by atoms with van der Waals surface area (Å²) < 4.78 is 44.8. The van der Waals surface area contributed by atoms with E-state index < -0.39 is 9.84 Å². The number of nitrogens with zero attached hydrogens (tertiary/aromatic N) is 4. The van der Waals surface area contributed by atoms with Gasteiger partial charge in [-0.05, 0) is 50.1 Å². The second-order valence-electron chi connectivity index (χ2n) is 8.80. The molecule has 186 valence electrons. The van der Waals surface area contributed by atoms with E-state index in [-0.39, 0.29) is 41.3 Å². The van der Waals surface area contributed by atoms with Crippen molar-refractivity contribution in [3.05, 3.63) is 54.1 Å². The first-order valence-electron chi connectivity index (χ1n) is 11.5. The molecule has 0 saturated carbocycles. The van der Waals surface area contributed by atoms with Gasteiger partial charge in [0.1, 0.15) is 17.4 Å². The molecule has 3 heterocycles. The Hall–Kier alpha value is -3.27. The van der Waals surface area contributed by atoms with Crippen molar-refractivity contribution in [1.29, 1.82) is 0 Å². The van der Waals surface area contributed by atoms with Gasteiger partial charge in [-0.2, -0.15) is 0 Å². The van der Waals surface area contributed by atoms with Crippen molar-refractivity contribution < 1.29 is 22.3 Å². The Morgan fingerprint density at radius 3 is 2.71 bits per heavy atom. The maximum atomic E-state index is 13.4. The number of fused-ring (bicyclic) bond motifs is 1. The highest BCUT2D eigenvalue weighted by Crippen LogP contribution is 2.27. The summed E-state index contributed by atoms with van der Waals surface area (Å²) in [4.78, 5) is 25.4. The number of ether oxygens (including phenoxy) is 1. The summed E-state index contributed by atoms with van der Waals surface area (Å²) in [5, 5.41) is 0.507. The SMILES string of the molecule is COc1cnc2cccc(S(=O)(=O)CCCC(=O)N3CCN(c4ncc(F)cc4C)C[C@@H]3C)c2c1. The molecule has 10 heteroatoms. The van der Waals surface area contributed by atoms with Crippen LogP contribution in [0.5, 0.6) is 5.75 Å². The molecule has 8 nitrogen and oxygen atoms in total. The number of hydrogen-bond acceptors (Lipinski definition) is 7. The molecule has 1 aromatic carbocycles. The van der Waals surface area contributed by atoms with Crippen LogP contribution in [0.25, 0.3) is 10.9 Å². The van der Waals surface area contributed by atoms with Gasteiger partial charge in [0.15, 0.2) is 9.84 Å². The second-order valence-corrected chi connectivity index (χ2v) is 10.9. The average Bonchev–Trinajstić information content (AvgIpc) is 2.83. The fourth-order valence-corrected chi connectivity index (χ4v) is 6.07. The Kier molecular flexibility index (Phi) is 7.20. The topological polar surface area (TPSA) is 92.7 Å². The van der Waals surface area contributed by atoms with Crippen LogP contribution in [0.2, 0.25) is 0 Å². The van der Waals surface area contributed by atoms with Crippen molar-refractivity contribution in [3.63, 3.8) is 0 Å². The normalized spacial score (nSPS) is 16.5. The number of methoxy groups -OCH3 is 1. The van der Waals surface area contributed by atoms with Crippen molar-refractivity contribution in [2.75, 3.05) is 37.4 Å². The largest absolute Gasteiger partial charge is 0.495 e. The number of anilines is 1. The molecule has 1 saturated heterocycles. The lowest BCUT2D eigenvalue weighted by atomic mass is 10.1. The first-order valence-corrected chi connectivity index (χ1v) is 13.2. The summed E-state index contributed by atoms with van der Waals surface area (Å²) >= 11 is 0. The van der Waals surface area contributed by atoms with Gasteiger partial charge in [-0.3, -0.25) is 9.78 Å². The second kappa shape index (κ2) is 10.2. The zero-order chi connectivity index (χ0) is 25.2. The highest BCUT2D eigenvalue weighted by molar-refractivity contribution is 7.91. The number of aryl methyl sites for hydroxylation is 1. The summed E-state index contributed by atoms with van der Waals surface area (Å²) in [6, 6.07) is 8.02. The molecule has 1 fully saturated rings. The molecule has 35 heavy (non-hydrogen) atoms. The molecule has 0 N–H and O–H groups in total. The molecule has 2 aromatic heterocycles. The Bertz CT molecular complexity index is 1350. The molecule has 1 aliphatic rings. The van der Waals surface area contributed by atoms with E-state index in [1.165, 1.54) is 19.4 Å². The molecule has 0 unspecified atom stereocenters. The zero-order valence-corrected chi connectivity index (χ0v) is 20.9. The molecule has 3 aromatic rings. The lowest BCUT2D eigenvalue weighted by molar-refractivity contribution is -0.133. The summed E-state index contributed by atoms with van der Waals surface area (Å²) in [6.07, 6.45) is 3.11. The number of sulfone groups is 1. The molecule has 0 radical (unpaired) electrons. The van der Waals surface area contributed by atoms with Crippen LogP contribution >= 0.6 is 0 Å². The quantitative estimate of drug-likeness (QED) is 0.491. The summed E-state index contributed by atoms with van der Waals surface area (Å²) in [7, 11) is -2.11. The third-order valence-corrected chi connectivity index (χ3v) is 8.15. The predicted molar refractivity (Wildman–Crippen MR) is 132 cm³/mol. The maximum Gasteiger partial charge on any atom is 0.222 e. The molecular formula is C25H29FN4O4S. The van der Waals surface area contributed by atoms with E-state index in [1.807, 2.05) is 13.8 Å². The molecule has 1 atom stereocenters. The molecule has 0 bridgehead atoms. The predicted octanol–water partition coefficient (Wildman–Crippen LogP) is 3.38. The van der Waals surface area contributed by atoms with Gasteiger partial charge in [0.25, 0.3) is 0 Å². The minimum atomic E-state index is -3.62. The highest BCUT2D eigenvalue weighted by Gasteiger charge is 2.29. The van der Waals surface area contributed by atoms with Crippen molar-refractivity contribution >= 4 is 32.5 Å². The Labute approximate surface area is 204 Å². The van der Waals surface area contributed by atoms with Gasteiger partial charge in [-0.15, -0.1) is 0 Å². The van der Waals surface area contributed by atoms with Gasteiger partial charge >= 0.3 is 0 Å². The van der Waals surface area contributed by atoms with Gasteiger partial charge < -0.3 is 14.5 Å². The summed E-state index contributed by atoms with van der Waals surface area (Å²) in [6.45, 7) is 5.43. The molecule has 4 rings (SSSR count). The molecule has 1 amide bonds. The number of carbonyl (C=O) groups excluding carboxylic acids is 1. The zero-order valence-electron chi connectivity index (χ0n) is 20.1. The smallest absolute Gasteiger partial charge is 0.222 e. The molecule has 0 aliphatic carbocycles. The fraction of sp³-hybridized carbons (Fsp3) is 0.400. The van der Waals surface area contributed by atoms with Crippen molar-refractivity contribution in [3.8, 4) is 5.75 Å². The number of aromatic nitrogens is 2. The van der Waals surface area contributed by atoms with Crippen molar-refractivity contribution in [2.45, 2.75) is 37.6 Å². The number of piperazine rings is 1. The van der Waals surface area contributed by atoms with Gasteiger partial charge in [0, 0.05) is 37.5 Å². The fourth-order valence-electron chi connectivity index (χ4n) is 4.54. The van der Waals surface area contributed by atoms with Gasteiger partial charge in [0.05, 0.1) is 35.7 Å². The van der Waals surface area contributed by atoms with Crippen molar-refractivity contribution in [1.82, 2.24) is 14.9 Å². The van der Waals surface area contributed by atoms with Gasteiger partial charge in [-0.1, -0.05) is 6.07 Å². The standard InChI is InChI=1S/C25H29FN4O4S/c1-17-12-19(26)14-28-25(17)29-9-10-30(18(2)16-29)24(31)8-5-11-35(32,33)23-7-4-6-22-21(23)13-20(34-3)15-27-22/h4,6-7,12-15,18H,5,8-11,16H2,1-3H3/t18-/m0/s1. The minimum absolute atomic E-state index is 0.0719. The number of carbonyl (C=O) groups is 1. The van der Waals surface area contributed by atoms with E-state index in [0.717, 1.165) is 11.4 Å². The van der Waals surface area contributed by atoms with Crippen LogP contribution in [-0.2, 0) is 14.6 Å². The van der Waals surface area contributed by atoms with E-state index in [9.17, 15) is 17.6 Å². The average molecular weight is 501 g/mol. The van der Waals surface area contributed by atoms with Gasteiger partial charge in [-0.25, -0.2) is 17.8 Å². The van der Waals surface area contributed by atoms with Crippen LogP contribution in [0.15, 0.2) is 47.6 Å². The Morgan fingerprint density at radius 2 is 2.00 bits per heavy atom. The third kappa shape index (κ3) is 5.37. The van der Waals surface area contributed by atoms with E-state index in [1.54, 1.807) is 35.4 Å².